The first-order valence-corrected chi connectivity index (χ1v) is 9.95. The van der Waals surface area contributed by atoms with Crippen molar-refractivity contribution < 1.29 is 13.2 Å². The summed E-state index contributed by atoms with van der Waals surface area (Å²) in [5.74, 6) is 0.122. The maximum Gasteiger partial charge on any atom is 0.230 e. The SMILES string of the molecule is Cc1cccc(CN2CCC[C@]3(CCN(S(C)(=O)=O)C3)C2=O)c1. The maximum absolute atomic E-state index is 13.0. The first kappa shape index (κ1) is 16.5. The number of hydrogen-bond donors (Lipinski definition) is 0. The number of nitrogens with zero attached hydrogens (tertiary/aromatic N) is 2. The third kappa shape index (κ3) is 3.28. The predicted molar refractivity (Wildman–Crippen MR) is 89.3 cm³/mol. The van der Waals surface area contributed by atoms with Gasteiger partial charge in [-0.1, -0.05) is 29.8 Å². The Bertz CT molecular complexity index is 716. The van der Waals surface area contributed by atoms with E-state index in [4.69, 9.17) is 0 Å². The zero-order valence-electron chi connectivity index (χ0n) is 13.8. The molecular weight excluding hydrogens is 312 g/mol. The molecule has 2 fully saturated rings. The van der Waals surface area contributed by atoms with Crippen LogP contribution >= 0.6 is 0 Å². The minimum Gasteiger partial charge on any atom is -0.338 e. The second-order valence-corrected chi connectivity index (χ2v) is 8.93. The Balaban J connectivity index is 1.77. The molecule has 2 heterocycles. The molecule has 0 bridgehead atoms. The highest BCUT2D eigenvalue weighted by Gasteiger charge is 2.50. The van der Waals surface area contributed by atoms with E-state index >= 15 is 0 Å². The number of aryl methyl sites for hydroxylation is 1. The lowest BCUT2D eigenvalue weighted by atomic mass is 9.78. The molecule has 0 aromatic heterocycles. The summed E-state index contributed by atoms with van der Waals surface area (Å²) in [5, 5.41) is 0. The zero-order chi connectivity index (χ0) is 16.7. The smallest absolute Gasteiger partial charge is 0.230 e. The molecule has 2 saturated heterocycles. The molecule has 1 spiro atoms. The molecule has 0 unspecified atom stereocenters. The lowest BCUT2D eigenvalue weighted by Gasteiger charge is -2.39. The van der Waals surface area contributed by atoms with Crippen LogP contribution in [0, 0.1) is 12.3 Å². The molecule has 1 aromatic rings. The third-order valence-corrected chi connectivity index (χ3v) is 6.32. The van der Waals surface area contributed by atoms with Crippen molar-refractivity contribution in [3.63, 3.8) is 0 Å². The Kier molecular flexibility index (Phi) is 4.23. The second kappa shape index (κ2) is 5.91. The first-order valence-electron chi connectivity index (χ1n) is 8.10. The lowest BCUT2D eigenvalue weighted by molar-refractivity contribution is -0.146. The van der Waals surface area contributed by atoms with Gasteiger partial charge in [0.2, 0.25) is 15.9 Å². The number of hydrogen-bond acceptors (Lipinski definition) is 3. The van der Waals surface area contributed by atoms with Crippen molar-refractivity contribution in [1.29, 1.82) is 0 Å². The van der Waals surface area contributed by atoms with Crippen molar-refractivity contribution in [2.75, 3.05) is 25.9 Å². The molecule has 1 amide bonds. The van der Waals surface area contributed by atoms with Crippen molar-refractivity contribution in [2.45, 2.75) is 32.7 Å². The monoisotopic (exact) mass is 336 g/mol. The first-order chi connectivity index (χ1) is 10.8. The number of likely N-dealkylation sites (tertiary alicyclic amines) is 1. The van der Waals surface area contributed by atoms with Gasteiger partial charge in [0.25, 0.3) is 0 Å². The summed E-state index contributed by atoms with van der Waals surface area (Å²) in [6.07, 6.45) is 3.60. The van der Waals surface area contributed by atoms with Gasteiger partial charge in [0, 0.05) is 26.2 Å². The summed E-state index contributed by atoms with van der Waals surface area (Å²) >= 11 is 0. The molecule has 2 aliphatic rings. The van der Waals surface area contributed by atoms with Crippen LogP contribution in [0.1, 0.15) is 30.4 Å². The fourth-order valence-corrected chi connectivity index (χ4v) is 4.73. The van der Waals surface area contributed by atoms with Crippen LogP contribution in [-0.4, -0.2) is 49.4 Å². The third-order valence-electron chi connectivity index (χ3n) is 5.07. The highest BCUT2D eigenvalue weighted by Crippen LogP contribution is 2.41. The van der Waals surface area contributed by atoms with E-state index in [1.165, 1.54) is 16.1 Å². The van der Waals surface area contributed by atoms with E-state index in [1.807, 2.05) is 30.0 Å². The van der Waals surface area contributed by atoms with E-state index < -0.39 is 15.4 Å². The number of carbonyl (C=O) groups excluding carboxylic acids is 1. The quantitative estimate of drug-likeness (QED) is 0.845. The Labute approximate surface area is 138 Å². The van der Waals surface area contributed by atoms with Crippen LogP contribution < -0.4 is 0 Å². The summed E-state index contributed by atoms with van der Waals surface area (Å²) in [4.78, 5) is 14.9. The second-order valence-electron chi connectivity index (χ2n) is 6.95. The lowest BCUT2D eigenvalue weighted by Crippen LogP contribution is -2.49. The largest absolute Gasteiger partial charge is 0.338 e. The number of carbonyl (C=O) groups is 1. The van der Waals surface area contributed by atoms with Gasteiger partial charge in [-0.15, -0.1) is 0 Å². The van der Waals surface area contributed by atoms with Gasteiger partial charge < -0.3 is 4.90 Å². The Morgan fingerprint density at radius 2 is 2.00 bits per heavy atom. The normalized spacial score (nSPS) is 26.2. The van der Waals surface area contributed by atoms with E-state index in [-0.39, 0.29) is 5.91 Å². The molecule has 1 atom stereocenters. The summed E-state index contributed by atoms with van der Waals surface area (Å²) in [7, 11) is -3.22. The number of rotatable bonds is 3. The van der Waals surface area contributed by atoms with Gasteiger partial charge in [0.1, 0.15) is 0 Å². The molecule has 1 aromatic carbocycles. The molecular formula is C17H24N2O3S. The molecule has 3 rings (SSSR count). The highest BCUT2D eigenvalue weighted by atomic mass is 32.2. The zero-order valence-corrected chi connectivity index (χ0v) is 14.6. The average molecular weight is 336 g/mol. The van der Waals surface area contributed by atoms with Crippen molar-refractivity contribution >= 4 is 15.9 Å². The highest BCUT2D eigenvalue weighted by molar-refractivity contribution is 7.88. The van der Waals surface area contributed by atoms with Crippen molar-refractivity contribution in [1.82, 2.24) is 9.21 Å². The number of benzene rings is 1. The number of amides is 1. The van der Waals surface area contributed by atoms with Crippen molar-refractivity contribution in [3.05, 3.63) is 35.4 Å². The van der Waals surface area contributed by atoms with Gasteiger partial charge in [0.15, 0.2) is 0 Å². The average Bonchev–Trinajstić information content (AvgIpc) is 2.90. The molecule has 0 radical (unpaired) electrons. The maximum atomic E-state index is 13.0. The fourth-order valence-electron chi connectivity index (χ4n) is 3.83. The molecule has 0 N–H and O–H groups in total. The van der Waals surface area contributed by atoms with Gasteiger partial charge in [-0.25, -0.2) is 12.7 Å². The molecule has 126 valence electrons. The van der Waals surface area contributed by atoms with Crippen LogP contribution in [-0.2, 0) is 21.4 Å². The number of piperidine rings is 1. The molecule has 0 saturated carbocycles. The molecule has 0 aliphatic carbocycles. The van der Waals surface area contributed by atoms with Gasteiger partial charge in [-0.3, -0.25) is 4.79 Å². The van der Waals surface area contributed by atoms with Crippen LogP contribution in [0.4, 0.5) is 0 Å². The summed E-state index contributed by atoms with van der Waals surface area (Å²) in [6.45, 7) is 4.22. The topological polar surface area (TPSA) is 57.7 Å². The molecule has 23 heavy (non-hydrogen) atoms. The van der Waals surface area contributed by atoms with Crippen molar-refractivity contribution in [2.24, 2.45) is 5.41 Å². The van der Waals surface area contributed by atoms with Crippen LogP contribution in [0.2, 0.25) is 0 Å². The fraction of sp³-hybridized carbons (Fsp3) is 0.588. The predicted octanol–water partition coefficient (Wildman–Crippen LogP) is 1.77. The van der Waals surface area contributed by atoms with Crippen LogP contribution in [0.3, 0.4) is 0 Å². The van der Waals surface area contributed by atoms with E-state index in [9.17, 15) is 13.2 Å². The summed E-state index contributed by atoms with van der Waals surface area (Å²) < 4.78 is 25.0. The molecule has 5 nitrogen and oxygen atoms in total. The minimum absolute atomic E-state index is 0.122. The van der Waals surface area contributed by atoms with Gasteiger partial charge in [0.05, 0.1) is 11.7 Å². The Morgan fingerprint density at radius 1 is 1.22 bits per heavy atom. The van der Waals surface area contributed by atoms with E-state index in [1.54, 1.807) is 0 Å². The van der Waals surface area contributed by atoms with E-state index in [0.29, 0.717) is 26.1 Å². The van der Waals surface area contributed by atoms with Crippen LogP contribution in [0.25, 0.3) is 0 Å². The Hall–Kier alpha value is -1.40. The Morgan fingerprint density at radius 3 is 2.65 bits per heavy atom. The molecule has 6 heteroatoms. The number of sulfonamides is 1. The minimum atomic E-state index is -3.22. The van der Waals surface area contributed by atoms with E-state index in [2.05, 4.69) is 6.07 Å². The van der Waals surface area contributed by atoms with Crippen LogP contribution in [0.15, 0.2) is 24.3 Å². The molecule has 2 aliphatic heterocycles. The van der Waals surface area contributed by atoms with Crippen LogP contribution in [0.5, 0.6) is 0 Å². The van der Waals surface area contributed by atoms with Gasteiger partial charge >= 0.3 is 0 Å². The standard InChI is InChI=1S/C17H24N2O3S/c1-14-5-3-6-15(11-14)12-18-9-4-7-17(16(18)20)8-10-19(13-17)23(2,21)22/h3,5-6,11H,4,7-10,12-13H2,1-2H3/t17-/m1/s1. The summed E-state index contributed by atoms with van der Waals surface area (Å²) in [5.41, 5.74) is 1.81. The van der Waals surface area contributed by atoms with E-state index in [0.717, 1.165) is 24.9 Å². The van der Waals surface area contributed by atoms with Gasteiger partial charge in [-0.05, 0) is 31.7 Å². The summed E-state index contributed by atoms with van der Waals surface area (Å²) in [6, 6.07) is 8.20. The van der Waals surface area contributed by atoms with Gasteiger partial charge in [-0.2, -0.15) is 0 Å². The van der Waals surface area contributed by atoms with Crippen molar-refractivity contribution in [3.8, 4) is 0 Å².